The van der Waals surface area contributed by atoms with E-state index < -0.39 is 6.61 Å². The standard InChI is InChI=1S/C17H24F2N2O2.ClH/c1-12(13-6-4-8-20-10-13)9-16(22)21-11-14-5-2-3-7-15(14)23-17(18)19;/h2-3,5,7,12-13,17,20H,4,6,8-11H2,1H3,(H,21,22);1H. The van der Waals surface area contributed by atoms with E-state index in [1.165, 1.54) is 6.07 Å². The van der Waals surface area contributed by atoms with Crippen LogP contribution < -0.4 is 15.4 Å². The van der Waals surface area contributed by atoms with E-state index in [4.69, 9.17) is 0 Å². The second-order valence-electron chi connectivity index (χ2n) is 6.05. The van der Waals surface area contributed by atoms with Gasteiger partial charge in [-0.05, 0) is 43.8 Å². The molecule has 1 aliphatic heterocycles. The number of piperidine rings is 1. The summed E-state index contributed by atoms with van der Waals surface area (Å²) in [6, 6.07) is 6.51. The van der Waals surface area contributed by atoms with Crippen LogP contribution in [0.5, 0.6) is 5.75 Å². The molecule has 2 unspecified atom stereocenters. The maximum atomic E-state index is 12.4. The van der Waals surface area contributed by atoms with Crippen molar-refractivity contribution in [3.8, 4) is 5.75 Å². The third kappa shape index (κ3) is 6.61. The van der Waals surface area contributed by atoms with Crippen molar-refractivity contribution < 1.29 is 18.3 Å². The molecule has 0 bridgehead atoms. The summed E-state index contributed by atoms with van der Waals surface area (Å²) in [4.78, 5) is 12.1. The summed E-state index contributed by atoms with van der Waals surface area (Å²) in [5, 5.41) is 6.15. The molecule has 7 heteroatoms. The van der Waals surface area contributed by atoms with Crippen LogP contribution in [-0.4, -0.2) is 25.6 Å². The first kappa shape index (κ1) is 20.6. The molecule has 2 rings (SSSR count). The molecule has 2 N–H and O–H groups in total. The molecule has 1 saturated heterocycles. The Kier molecular flexibility index (Phi) is 9.00. The Morgan fingerprint density at radius 1 is 1.42 bits per heavy atom. The first-order valence-corrected chi connectivity index (χ1v) is 8.06. The first-order chi connectivity index (χ1) is 11.1. The highest BCUT2D eigenvalue weighted by Crippen LogP contribution is 2.23. The predicted molar refractivity (Wildman–Crippen MR) is 91.5 cm³/mol. The van der Waals surface area contributed by atoms with E-state index in [9.17, 15) is 13.6 Å². The fourth-order valence-corrected chi connectivity index (χ4v) is 2.95. The number of nitrogens with one attached hydrogen (secondary N) is 2. The zero-order valence-electron chi connectivity index (χ0n) is 13.8. The predicted octanol–water partition coefficient (Wildman–Crippen LogP) is 3.35. The molecule has 0 spiro atoms. The number of para-hydroxylation sites is 1. The quantitative estimate of drug-likeness (QED) is 0.782. The van der Waals surface area contributed by atoms with Gasteiger partial charge >= 0.3 is 6.61 Å². The number of amides is 1. The highest BCUT2D eigenvalue weighted by atomic mass is 35.5. The number of hydrogen-bond acceptors (Lipinski definition) is 3. The summed E-state index contributed by atoms with van der Waals surface area (Å²) in [7, 11) is 0. The van der Waals surface area contributed by atoms with Crippen LogP contribution in [0.2, 0.25) is 0 Å². The number of hydrogen-bond donors (Lipinski definition) is 2. The van der Waals surface area contributed by atoms with Crippen molar-refractivity contribution in [3.05, 3.63) is 29.8 Å². The van der Waals surface area contributed by atoms with Gasteiger partial charge in [-0.2, -0.15) is 8.78 Å². The van der Waals surface area contributed by atoms with Crippen molar-refractivity contribution in [2.75, 3.05) is 13.1 Å². The van der Waals surface area contributed by atoms with Crippen LogP contribution in [0.1, 0.15) is 31.7 Å². The van der Waals surface area contributed by atoms with Crippen LogP contribution in [0.4, 0.5) is 8.78 Å². The fraction of sp³-hybridized carbons (Fsp3) is 0.588. The Labute approximate surface area is 147 Å². The van der Waals surface area contributed by atoms with Gasteiger partial charge in [0, 0.05) is 18.5 Å². The van der Waals surface area contributed by atoms with Crippen molar-refractivity contribution in [2.45, 2.75) is 39.3 Å². The van der Waals surface area contributed by atoms with Crippen LogP contribution in [0.3, 0.4) is 0 Å². The Morgan fingerprint density at radius 2 is 2.17 bits per heavy atom. The summed E-state index contributed by atoms with van der Waals surface area (Å²) in [5.41, 5.74) is 0.549. The molecule has 0 radical (unpaired) electrons. The average molecular weight is 363 g/mol. The minimum absolute atomic E-state index is 0. The van der Waals surface area contributed by atoms with Gasteiger partial charge in [-0.1, -0.05) is 25.1 Å². The SMILES string of the molecule is CC(CC(=O)NCc1ccccc1OC(F)F)C1CCCNC1.Cl. The molecular weight excluding hydrogens is 338 g/mol. The molecule has 136 valence electrons. The Hall–Kier alpha value is -1.40. The van der Waals surface area contributed by atoms with Crippen LogP contribution in [0.15, 0.2) is 24.3 Å². The van der Waals surface area contributed by atoms with Crippen molar-refractivity contribution in [1.82, 2.24) is 10.6 Å². The lowest BCUT2D eigenvalue weighted by atomic mass is 9.85. The molecular formula is C17H25ClF2N2O2. The normalized spacial score (nSPS) is 18.6. The van der Waals surface area contributed by atoms with Gasteiger partial charge in [0.2, 0.25) is 5.91 Å². The zero-order chi connectivity index (χ0) is 16.7. The lowest BCUT2D eigenvalue weighted by molar-refractivity contribution is -0.122. The lowest BCUT2D eigenvalue weighted by Gasteiger charge is -2.28. The summed E-state index contributed by atoms with van der Waals surface area (Å²) in [5.74, 6) is 0.863. The molecule has 1 amide bonds. The number of ether oxygens (including phenoxy) is 1. The Balaban J connectivity index is 0.00000288. The molecule has 1 heterocycles. The molecule has 4 nitrogen and oxygen atoms in total. The van der Waals surface area contributed by atoms with E-state index in [1.54, 1.807) is 18.2 Å². The molecule has 1 aromatic carbocycles. The molecule has 1 fully saturated rings. The monoisotopic (exact) mass is 362 g/mol. The number of rotatable bonds is 7. The second kappa shape index (κ2) is 10.5. The van der Waals surface area contributed by atoms with Gasteiger partial charge in [0.05, 0.1) is 0 Å². The van der Waals surface area contributed by atoms with E-state index in [-0.39, 0.29) is 30.6 Å². The van der Waals surface area contributed by atoms with Crippen LogP contribution in [-0.2, 0) is 11.3 Å². The minimum Gasteiger partial charge on any atom is -0.434 e. The molecule has 1 aromatic rings. The molecule has 0 saturated carbocycles. The van der Waals surface area contributed by atoms with Crippen molar-refractivity contribution in [2.24, 2.45) is 11.8 Å². The van der Waals surface area contributed by atoms with Gasteiger partial charge in [0.15, 0.2) is 0 Å². The highest BCUT2D eigenvalue weighted by molar-refractivity contribution is 5.85. The number of benzene rings is 1. The molecule has 24 heavy (non-hydrogen) atoms. The maximum absolute atomic E-state index is 12.4. The summed E-state index contributed by atoms with van der Waals surface area (Å²) < 4.78 is 29.2. The Morgan fingerprint density at radius 3 is 2.83 bits per heavy atom. The topological polar surface area (TPSA) is 50.4 Å². The zero-order valence-corrected chi connectivity index (χ0v) is 14.6. The largest absolute Gasteiger partial charge is 0.434 e. The van der Waals surface area contributed by atoms with Gasteiger partial charge in [0.25, 0.3) is 0 Å². The smallest absolute Gasteiger partial charge is 0.387 e. The minimum atomic E-state index is -2.87. The third-order valence-electron chi connectivity index (χ3n) is 4.31. The molecule has 0 aromatic heterocycles. The highest BCUT2D eigenvalue weighted by Gasteiger charge is 2.22. The fourth-order valence-electron chi connectivity index (χ4n) is 2.95. The summed E-state index contributed by atoms with van der Waals surface area (Å²) >= 11 is 0. The summed E-state index contributed by atoms with van der Waals surface area (Å²) in [6.45, 7) is 1.42. The van der Waals surface area contributed by atoms with Gasteiger partial charge in [0.1, 0.15) is 5.75 Å². The number of carbonyl (C=O) groups excluding carboxylic acids is 1. The van der Waals surface area contributed by atoms with E-state index in [1.807, 2.05) is 0 Å². The van der Waals surface area contributed by atoms with E-state index in [0.29, 0.717) is 23.8 Å². The van der Waals surface area contributed by atoms with Crippen molar-refractivity contribution >= 4 is 18.3 Å². The van der Waals surface area contributed by atoms with Crippen LogP contribution >= 0.6 is 12.4 Å². The average Bonchev–Trinajstić information content (AvgIpc) is 2.54. The van der Waals surface area contributed by atoms with Crippen LogP contribution in [0.25, 0.3) is 0 Å². The summed E-state index contributed by atoms with van der Waals surface area (Å²) in [6.07, 6.45) is 2.74. The van der Waals surface area contributed by atoms with Gasteiger partial charge in [-0.3, -0.25) is 4.79 Å². The third-order valence-corrected chi connectivity index (χ3v) is 4.31. The van der Waals surface area contributed by atoms with Crippen molar-refractivity contribution in [3.63, 3.8) is 0 Å². The first-order valence-electron chi connectivity index (χ1n) is 8.06. The van der Waals surface area contributed by atoms with E-state index in [0.717, 1.165) is 25.9 Å². The molecule has 2 atom stereocenters. The van der Waals surface area contributed by atoms with Crippen LogP contribution in [0, 0.1) is 11.8 Å². The van der Waals surface area contributed by atoms with Gasteiger partial charge in [-0.25, -0.2) is 0 Å². The molecule has 0 aliphatic carbocycles. The van der Waals surface area contributed by atoms with Gasteiger partial charge < -0.3 is 15.4 Å². The maximum Gasteiger partial charge on any atom is 0.387 e. The van der Waals surface area contributed by atoms with E-state index >= 15 is 0 Å². The lowest BCUT2D eigenvalue weighted by Crippen LogP contribution is -2.35. The van der Waals surface area contributed by atoms with Crippen molar-refractivity contribution in [1.29, 1.82) is 0 Å². The second-order valence-corrected chi connectivity index (χ2v) is 6.05. The Bertz CT molecular complexity index is 511. The number of alkyl halides is 2. The molecule has 1 aliphatic rings. The number of carbonyl (C=O) groups is 1. The number of halogens is 3. The van der Waals surface area contributed by atoms with Gasteiger partial charge in [-0.15, -0.1) is 12.4 Å². The van der Waals surface area contributed by atoms with E-state index in [2.05, 4.69) is 22.3 Å².